The van der Waals surface area contributed by atoms with Crippen molar-refractivity contribution in [1.29, 1.82) is 0 Å². The minimum Gasteiger partial charge on any atom is -0.481 e. The third-order valence-electron chi connectivity index (χ3n) is 3.49. The Hall–Kier alpha value is -2.10. The number of benzene rings is 1. The maximum atomic E-state index is 11.1. The first-order valence-corrected chi connectivity index (χ1v) is 6.28. The monoisotopic (exact) mass is 258 g/mol. The maximum absolute atomic E-state index is 11.1. The number of aromatic amines is 1. The van der Waals surface area contributed by atoms with E-state index < -0.39 is 5.97 Å². The van der Waals surface area contributed by atoms with Gasteiger partial charge in [-0.2, -0.15) is 0 Å². The van der Waals surface area contributed by atoms with Gasteiger partial charge in [-0.3, -0.25) is 4.79 Å². The summed E-state index contributed by atoms with van der Waals surface area (Å²) in [6.07, 6.45) is 3.41. The van der Waals surface area contributed by atoms with E-state index in [1.807, 2.05) is 13.8 Å². The van der Waals surface area contributed by atoms with Crippen molar-refractivity contribution in [2.75, 3.05) is 0 Å². The Morgan fingerprint density at radius 2 is 1.95 bits per heavy atom. The molecule has 1 aromatic carbocycles. The van der Waals surface area contributed by atoms with E-state index in [4.69, 9.17) is 5.11 Å². The molecule has 100 valence electrons. The first-order valence-electron chi connectivity index (χ1n) is 6.28. The summed E-state index contributed by atoms with van der Waals surface area (Å²) in [5.74, 6) is -0.348. The van der Waals surface area contributed by atoms with Crippen LogP contribution in [0.1, 0.15) is 40.4 Å². The Morgan fingerprint density at radius 1 is 1.26 bits per heavy atom. The number of rotatable bonds is 4. The number of imidazole rings is 1. The van der Waals surface area contributed by atoms with Crippen LogP contribution in [0.15, 0.2) is 24.5 Å². The van der Waals surface area contributed by atoms with E-state index in [-0.39, 0.29) is 12.3 Å². The van der Waals surface area contributed by atoms with E-state index in [9.17, 15) is 4.79 Å². The van der Waals surface area contributed by atoms with E-state index >= 15 is 0 Å². The topological polar surface area (TPSA) is 66.0 Å². The van der Waals surface area contributed by atoms with Crippen LogP contribution in [-0.2, 0) is 4.79 Å². The molecule has 0 fully saturated rings. The van der Waals surface area contributed by atoms with E-state index in [1.165, 1.54) is 11.1 Å². The molecular weight excluding hydrogens is 240 g/mol. The molecule has 2 rings (SSSR count). The molecule has 1 atom stereocenters. The number of hydrogen-bond acceptors (Lipinski definition) is 2. The van der Waals surface area contributed by atoms with Gasteiger partial charge in [0.1, 0.15) is 5.82 Å². The number of aromatic nitrogens is 2. The number of carboxylic acids is 1. The summed E-state index contributed by atoms with van der Waals surface area (Å²) in [6.45, 7) is 6.11. The Bertz CT molecular complexity index is 588. The molecule has 0 saturated heterocycles. The van der Waals surface area contributed by atoms with Crippen molar-refractivity contribution in [2.24, 2.45) is 0 Å². The summed E-state index contributed by atoms with van der Waals surface area (Å²) in [4.78, 5) is 18.3. The van der Waals surface area contributed by atoms with Gasteiger partial charge in [-0.05, 0) is 43.0 Å². The summed E-state index contributed by atoms with van der Waals surface area (Å²) in [5, 5.41) is 9.12. The number of nitrogens with one attached hydrogen (secondary N) is 1. The van der Waals surface area contributed by atoms with Crippen LogP contribution in [0.3, 0.4) is 0 Å². The van der Waals surface area contributed by atoms with Crippen molar-refractivity contribution in [3.8, 4) is 0 Å². The molecule has 0 amide bonds. The smallest absolute Gasteiger partial charge is 0.304 e. The zero-order valence-corrected chi connectivity index (χ0v) is 11.4. The minimum atomic E-state index is -0.820. The first-order chi connectivity index (χ1) is 8.99. The fourth-order valence-electron chi connectivity index (χ4n) is 2.35. The van der Waals surface area contributed by atoms with Crippen LogP contribution in [0.2, 0.25) is 0 Å². The molecule has 4 heteroatoms. The zero-order chi connectivity index (χ0) is 14.0. The molecule has 4 nitrogen and oxygen atoms in total. The normalized spacial score (nSPS) is 12.4. The molecule has 1 aromatic heterocycles. The predicted octanol–water partition coefficient (Wildman–Crippen LogP) is 2.94. The molecule has 2 aromatic rings. The lowest BCUT2D eigenvalue weighted by atomic mass is 9.88. The van der Waals surface area contributed by atoms with Crippen LogP contribution in [0, 0.1) is 20.8 Å². The minimum absolute atomic E-state index is 0.0385. The molecule has 0 radical (unpaired) electrons. The standard InChI is InChI=1S/C15H18N2O2/c1-9-6-11(3)12(7-10(9)2)13(8-14(18)19)15-16-4-5-17-15/h4-7,13H,8H2,1-3H3,(H,16,17)(H,18,19). The second-order valence-electron chi connectivity index (χ2n) is 4.92. The summed E-state index contributed by atoms with van der Waals surface area (Å²) >= 11 is 0. The van der Waals surface area contributed by atoms with Crippen molar-refractivity contribution in [3.63, 3.8) is 0 Å². The largest absolute Gasteiger partial charge is 0.481 e. The van der Waals surface area contributed by atoms with Crippen LogP contribution >= 0.6 is 0 Å². The van der Waals surface area contributed by atoms with Crippen LogP contribution in [0.4, 0.5) is 0 Å². The number of H-pyrrole nitrogens is 1. The average molecular weight is 258 g/mol. The average Bonchev–Trinajstić information content (AvgIpc) is 2.84. The Morgan fingerprint density at radius 3 is 2.53 bits per heavy atom. The highest BCUT2D eigenvalue weighted by atomic mass is 16.4. The molecule has 0 bridgehead atoms. The molecule has 1 heterocycles. The van der Waals surface area contributed by atoms with Gasteiger partial charge in [-0.1, -0.05) is 12.1 Å². The molecule has 1 unspecified atom stereocenters. The highest BCUT2D eigenvalue weighted by Gasteiger charge is 2.22. The molecule has 0 aliphatic rings. The molecular formula is C15H18N2O2. The molecule has 0 spiro atoms. The number of aryl methyl sites for hydroxylation is 3. The van der Waals surface area contributed by atoms with E-state index in [0.717, 1.165) is 11.1 Å². The third-order valence-corrected chi connectivity index (χ3v) is 3.49. The van der Waals surface area contributed by atoms with Gasteiger partial charge in [0, 0.05) is 12.4 Å². The summed E-state index contributed by atoms with van der Waals surface area (Å²) in [6, 6.07) is 4.17. The van der Waals surface area contributed by atoms with Crippen molar-refractivity contribution in [2.45, 2.75) is 33.1 Å². The lowest BCUT2D eigenvalue weighted by molar-refractivity contribution is -0.137. The van der Waals surface area contributed by atoms with Gasteiger partial charge in [-0.15, -0.1) is 0 Å². The maximum Gasteiger partial charge on any atom is 0.304 e. The summed E-state index contributed by atoms with van der Waals surface area (Å²) in [7, 11) is 0. The lowest BCUT2D eigenvalue weighted by Crippen LogP contribution is -2.11. The van der Waals surface area contributed by atoms with Crippen LogP contribution in [0.5, 0.6) is 0 Å². The lowest BCUT2D eigenvalue weighted by Gasteiger charge is -2.17. The Balaban J connectivity index is 2.49. The van der Waals surface area contributed by atoms with E-state index in [2.05, 4.69) is 29.0 Å². The van der Waals surface area contributed by atoms with Crippen molar-refractivity contribution < 1.29 is 9.90 Å². The Kier molecular flexibility index (Phi) is 3.69. The number of aliphatic carboxylic acids is 1. The highest BCUT2D eigenvalue weighted by Crippen LogP contribution is 2.30. The fraction of sp³-hybridized carbons (Fsp3) is 0.333. The van der Waals surface area contributed by atoms with Gasteiger partial charge in [-0.25, -0.2) is 4.98 Å². The number of carboxylic acid groups (broad SMARTS) is 1. The van der Waals surface area contributed by atoms with Crippen molar-refractivity contribution in [1.82, 2.24) is 9.97 Å². The van der Waals surface area contributed by atoms with Gasteiger partial charge < -0.3 is 10.1 Å². The van der Waals surface area contributed by atoms with Gasteiger partial charge in [0.05, 0.1) is 12.3 Å². The van der Waals surface area contributed by atoms with Crippen LogP contribution in [-0.4, -0.2) is 21.0 Å². The number of hydrogen-bond donors (Lipinski definition) is 2. The third kappa shape index (κ3) is 2.84. The molecule has 0 aliphatic heterocycles. The quantitative estimate of drug-likeness (QED) is 0.886. The summed E-state index contributed by atoms with van der Waals surface area (Å²) in [5.41, 5.74) is 4.52. The Labute approximate surface area is 112 Å². The molecule has 2 N–H and O–H groups in total. The van der Waals surface area contributed by atoms with Gasteiger partial charge in [0.15, 0.2) is 0 Å². The molecule has 19 heavy (non-hydrogen) atoms. The zero-order valence-electron chi connectivity index (χ0n) is 11.4. The highest BCUT2D eigenvalue weighted by molar-refractivity contribution is 5.69. The fourth-order valence-corrected chi connectivity index (χ4v) is 2.35. The van der Waals surface area contributed by atoms with E-state index in [1.54, 1.807) is 12.4 Å². The predicted molar refractivity (Wildman–Crippen MR) is 73.3 cm³/mol. The second kappa shape index (κ2) is 5.26. The summed E-state index contributed by atoms with van der Waals surface area (Å²) < 4.78 is 0. The van der Waals surface area contributed by atoms with Crippen molar-refractivity contribution in [3.05, 3.63) is 52.6 Å². The van der Waals surface area contributed by atoms with Crippen molar-refractivity contribution >= 4 is 5.97 Å². The second-order valence-corrected chi connectivity index (χ2v) is 4.92. The van der Waals surface area contributed by atoms with E-state index in [0.29, 0.717) is 5.82 Å². The van der Waals surface area contributed by atoms with Crippen LogP contribution in [0.25, 0.3) is 0 Å². The first kappa shape index (κ1) is 13.3. The SMILES string of the molecule is Cc1cc(C)c(C(CC(=O)O)c2ncc[nH]2)cc1C. The van der Waals surface area contributed by atoms with Gasteiger partial charge >= 0.3 is 5.97 Å². The number of carbonyl (C=O) groups is 1. The molecule has 0 saturated carbocycles. The van der Waals surface area contributed by atoms with Gasteiger partial charge in [0.25, 0.3) is 0 Å². The number of nitrogens with zero attached hydrogens (tertiary/aromatic N) is 1. The van der Waals surface area contributed by atoms with Crippen LogP contribution < -0.4 is 0 Å². The van der Waals surface area contributed by atoms with Gasteiger partial charge in [0.2, 0.25) is 0 Å². The molecule has 0 aliphatic carbocycles.